The minimum Gasteiger partial charge on any atom is -0.424 e. The predicted octanol–water partition coefficient (Wildman–Crippen LogP) is 6.25. The van der Waals surface area contributed by atoms with Gasteiger partial charge in [-0.05, 0) is 55.5 Å². The van der Waals surface area contributed by atoms with Crippen LogP contribution >= 0.6 is 11.3 Å². The molecule has 33 heavy (non-hydrogen) atoms. The number of amides is 1. The summed E-state index contributed by atoms with van der Waals surface area (Å²) in [4.78, 5) is 24.1. The third kappa shape index (κ3) is 5.39. The summed E-state index contributed by atoms with van der Waals surface area (Å²) in [5.41, 5.74) is 3.05. The standard InChI is InChI=1S/C17H19FN2OS.C8H8N2O.H2/c1-11-4-3-9-20(10-11)17(21)15-16(22-12(2)19-15)13-5-7-14(18)8-6-13;1-9-8-10-6-4-2-3-5-7(6)11-8;/h5-8,11H,3-4,9-10H2,1-2H3;2-5H,1H3,(H,9,10);1H/t11-;;/m0../s1. The van der Waals surface area contributed by atoms with Gasteiger partial charge in [-0.2, -0.15) is 4.98 Å². The Bertz CT molecular complexity index is 1210. The van der Waals surface area contributed by atoms with Gasteiger partial charge in [0.25, 0.3) is 11.9 Å². The molecule has 3 heterocycles. The molecular formula is C25H29FN4O2S. The molecule has 0 bridgehead atoms. The summed E-state index contributed by atoms with van der Waals surface area (Å²) in [5, 5.41) is 3.69. The minimum atomic E-state index is -0.275. The monoisotopic (exact) mass is 468 g/mol. The van der Waals surface area contributed by atoms with Crippen molar-refractivity contribution >= 4 is 34.4 Å². The summed E-state index contributed by atoms with van der Waals surface area (Å²) in [6.07, 6.45) is 2.21. The van der Waals surface area contributed by atoms with Crippen LogP contribution in [-0.2, 0) is 0 Å². The molecule has 0 aliphatic carbocycles. The van der Waals surface area contributed by atoms with E-state index in [2.05, 4.69) is 22.2 Å². The van der Waals surface area contributed by atoms with Gasteiger partial charge < -0.3 is 14.6 Å². The largest absolute Gasteiger partial charge is 0.424 e. The number of aromatic nitrogens is 2. The Labute approximate surface area is 198 Å². The summed E-state index contributed by atoms with van der Waals surface area (Å²) in [6, 6.07) is 14.5. The zero-order chi connectivity index (χ0) is 23.4. The minimum absolute atomic E-state index is 0. The third-order valence-electron chi connectivity index (χ3n) is 5.50. The second-order valence-corrected chi connectivity index (χ2v) is 9.36. The Morgan fingerprint density at radius 2 is 1.97 bits per heavy atom. The highest BCUT2D eigenvalue weighted by atomic mass is 32.1. The molecule has 1 amide bonds. The number of rotatable bonds is 3. The number of likely N-dealkylation sites (tertiary alicyclic amines) is 1. The Kier molecular flexibility index (Phi) is 7.03. The van der Waals surface area contributed by atoms with E-state index in [-0.39, 0.29) is 13.2 Å². The second-order valence-electron chi connectivity index (χ2n) is 8.15. The van der Waals surface area contributed by atoms with E-state index in [1.165, 1.54) is 29.9 Å². The fraction of sp³-hybridized carbons (Fsp3) is 0.320. The molecule has 8 heteroatoms. The molecular weight excluding hydrogens is 439 g/mol. The average Bonchev–Trinajstić information content (AvgIpc) is 3.43. The van der Waals surface area contributed by atoms with Gasteiger partial charge in [0.1, 0.15) is 17.0 Å². The number of oxazole rings is 1. The van der Waals surface area contributed by atoms with E-state index in [9.17, 15) is 9.18 Å². The first-order valence-corrected chi connectivity index (χ1v) is 11.8. The Hall–Kier alpha value is -3.26. The van der Waals surface area contributed by atoms with Gasteiger partial charge in [0.2, 0.25) is 0 Å². The number of carbonyl (C=O) groups is 1. The van der Waals surface area contributed by atoms with Crippen molar-refractivity contribution in [3.63, 3.8) is 0 Å². The molecule has 1 fully saturated rings. The van der Waals surface area contributed by atoms with Gasteiger partial charge in [0, 0.05) is 21.6 Å². The molecule has 0 radical (unpaired) electrons. The lowest BCUT2D eigenvalue weighted by atomic mass is 10.00. The van der Waals surface area contributed by atoms with Crippen LogP contribution in [0.3, 0.4) is 0 Å². The van der Waals surface area contributed by atoms with Crippen LogP contribution in [0.5, 0.6) is 0 Å². The topological polar surface area (TPSA) is 71.3 Å². The number of para-hydroxylation sites is 2. The van der Waals surface area contributed by atoms with E-state index in [4.69, 9.17) is 4.42 Å². The first-order valence-electron chi connectivity index (χ1n) is 11.0. The second kappa shape index (κ2) is 10.1. The highest BCUT2D eigenvalue weighted by Gasteiger charge is 2.26. The van der Waals surface area contributed by atoms with E-state index < -0.39 is 0 Å². The number of benzene rings is 2. The molecule has 6 nitrogen and oxygen atoms in total. The number of nitrogens with zero attached hydrogens (tertiary/aromatic N) is 3. The number of piperidine rings is 1. The van der Waals surface area contributed by atoms with Crippen LogP contribution in [0.4, 0.5) is 10.4 Å². The van der Waals surface area contributed by atoms with Gasteiger partial charge in [-0.3, -0.25) is 4.79 Å². The van der Waals surface area contributed by atoms with Crippen LogP contribution in [0.25, 0.3) is 21.5 Å². The van der Waals surface area contributed by atoms with Crippen molar-refractivity contribution in [3.8, 4) is 10.4 Å². The number of anilines is 1. The normalized spacial score (nSPS) is 15.8. The molecule has 1 N–H and O–H groups in total. The van der Waals surface area contributed by atoms with Crippen LogP contribution in [-0.4, -0.2) is 40.9 Å². The molecule has 5 rings (SSSR count). The number of thiazole rings is 1. The van der Waals surface area contributed by atoms with Gasteiger partial charge >= 0.3 is 0 Å². The number of aryl methyl sites for hydroxylation is 1. The molecule has 1 atom stereocenters. The van der Waals surface area contributed by atoms with Crippen LogP contribution in [0.2, 0.25) is 0 Å². The maximum atomic E-state index is 13.1. The van der Waals surface area contributed by atoms with Crippen LogP contribution < -0.4 is 5.32 Å². The molecule has 1 saturated heterocycles. The van der Waals surface area contributed by atoms with Crippen LogP contribution in [0.15, 0.2) is 52.9 Å². The number of halogens is 1. The molecule has 0 spiro atoms. The molecule has 174 valence electrons. The number of fused-ring (bicyclic) bond motifs is 1. The van der Waals surface area contributed by atoms with E-state index in [0.29, 0.717) is 17.6 Å². The maximum absolute atomic E-state index is 13.1. The zero-order valence-electron chi connectivity index (χ0n) is 19.0. The average molecular weight is 469 g/mol. The Balaban J connectivity index is 0.000000227. The van der Waals surface area contributed by atoms with Crippen molar-refractivity contribution in [1.82, 2.24) is 14.9 Å². The zero-order valence-corrected chi connectivity index (χ0v) is 19.8. The maximum Gasteiger partial charge on any atom is 0.295 e. The molecule has 1 aliphatic rings. The summed E-state index contributed by atoms with van der Waals surface area (Å²) < 4.78 is 18.4. The van der Waals surface area contributed by atoms with Gasteiger partial charge in [-0.25, -0.2) is 9.37 Å². The quantitative estimate of drug-likeness (QED) is 0.385. The first-order chi connectivity index (χ1) is 15.9. The Morgan fingerprint density at radius 3 is 2.67 bits per heavy atom. The van der Waals surface area contributed by atoms with Gasteiger partial charge in [0.05, 0.1) is 9.88 Å². The fourth-order valence-corrected chi connectivity index (χ4v) is 4.79. The van der Waals surface area contributed by atoms with Crippen molar-refractivity contribution in [2.45, 2.75) is 26.7 Å². The summed E-state index contributed by atoms with van der Waals surface area (Å²) in [5.74, 6) is 0.254. The Morgan fingerprint density at radius 1 is 1.21 bits per heavy atom. The van der Waals surface area contributed by atoms with Gasteiger partial charge in [-0.15, -0.1) is 11.3 Å². The van der Waals surface area contributed by atoms with E-state index in [1.807, 2.05) is 36.1 Å². The highest BCUT2D eigenvalue weighted by Crippen LogP contribution is 2.32. The molecule has 1 aliphatic heterocycles. The van der Waals surface area contributed by atoms with Crippen molar-refractivity contribution < 1.29 is 15.0 Å². The highest BCUT2D eigenvalue weighted by molar-refractivity contribution is 7.15. The fourth-order valence-electron chi connectivity index (χ4n) is 3.87. The summed E-state index contributed by atoms with van der Waals surface area (Å²) in [6.45, 7) is 5.65. The SMILES string of the molecule is CNc1nc2ccccc2o1.Cc1nc(C(=O)N2CCC[C@H](C)C2)c(-c2ccc(F)cc2)s1.[HH]. The van der Waals surface area contributed by atoms with Gasteiger partial charge in [-0.1, -0.05) is 31.2 Å². The van der Waals surface area contributed by atoms with E-state index in [1.54, 1.807) is 19.2 Å². The third-order valence-corrected chi connectivity index (χ3v) is 6.51. The van der Waals surface area contributed by atoms with Crippen molar-refractivity contribution in [3.05, 3.63) is 65.0 Å². The number of nitrogens with one attached hydrogen (secondary N) is 1. The van der Waals surface area contributed by atoms with E-state index >= 15 is 0 Å². The number of carbonyl (C=O) groups excluding carboxylic acids is 1. The molecule has 2 aromatic carbocycles. The summed E-state index contributed by atoms with van der Waals surface area (Å²) in [7, 11) is 1.78. The lowest BCUT2D eigenvalue weighted by molar-refractivity contribution is 0.0678. The van der Waals surface area contributed by atoms with Crippen LogP contribution in [0.1, 0.15) is 36.7 Å². The number of hydrogen-bond donors (Lipinski definition) is 1. The lowest BCUT2D eigenvalue weighted by Crippen LogP contribution is -2.39. The molecule has 2 aromatic heterocycles. The van der Waals surface area contributed by atoms with E-state index in [0.717, 1.165) is 46.1 Å². The van der Waals surface area contributed by atoms with Crippen LogP contribution in [0, 0.1) is 18.7 Å². The van der Waals surface area contributed by atoms with Gasteiger partial charge in [0.15, 0.2) is 5.58 Å². The molecule has 0 saturated carbocycles. The van der Waals surface area contributed by atoms with Crippen molar-refractivity contribution in [2.24, 2.45) is 5.92 Å². The lowest BCUT2D eigenvalue weighted by Gasteiger charge is -2.30. The molecule has 4 aromatic rings. The van der Waals surface area contributed by atoms with Crippen molar-refractivity contribution in [2.75, 3.05) is 25.5 Å². The smallest absolute Gasteiger partial charge is 0.295 e. The first kappa shape index (κ1) is 22.9. The van der Waals surface area contributed by atoms with Crippen molar-refractivity contribution in [1.29, 1.82) is 0 Å². The predicted molar refractivity (Wildman–Crippen MR) is 132 cm³/mol. The summed E-state index contributed by atoms with van der Waals surface area (Å²) >= 11 is 1.49. The molecule has 0 unspecified atom stereocenters. The number of hydrogen-bond acceptors (Lipinski definition) is 6.